The molecule has 34 heavy (non-hydrogen) atoms. The molecule has 0 radical (unpaired) electrons. The van der Waals surface area contributed by atoms with Gasteiger partial charge in [-0.25, -0.2) is 4.98 Å². The first-order valence-electron chi connectivity index (χ1n) is 14.1. The molecular formula is C30H42N2O2. The van der Waals surface area contributed by atoms with Crippen LogP contribution in [0.25, 0.3) is 10.9 Å². The third-order valence-electron chi connectivity index (χ3n) is 11.4. The van der Waals surface area contributed by atoms with Crippen molar-refractivity contribution in [2.24, 2.45) is 40.4 Å². The van der Waals surface area contributed by atoms with Crippen LogP contribution in [0.5, 0.6) is 0 Å². The largest absolute Gasteiger partial charge is 0.393 e. The van der Waals surface area contributed by atoms with Crippen LogP contribution in [-0.2, 0) is 6.42 Å². The fourth-order valence-electron chi connectivity index (χ4n) is 9.61. The molecule has 1 heterocycles. The number of para-hydroxylation sites is 1. The average molecular weight is 463 g/mol. The second-order valence-corrected chi connectivity index (χ2v) is 12.8. The molecule has 6 rings (SSSR count). The number of nitrogens with one attached hydrogen (secondary N) is 1. The fourth-order valence-corrected chi connectivity index (χ4v) is 9.61. The summed E-state index contributed by atoms with van der Waals surface area (Å²) in [5.74, 6) is 4.23. The quantitative estimate of drug-likeness (QED) is 0.563. The number of aliphatic hydroxyl groups excluding tert-OH is 1. The number of H-pyrrole nitrogens is 1. The predicted octanol–water partition coefficient (Wildman–Crippen LogP) is 6.27. The van der Waals surface area contributed by atoms with E-state index in [-0.39, 0.29) is 11.7 Å². The van der Waals surface area contributed by atoms with Crippen molar-refractivity contribution < 1.29 is 5.11 Å². The molecule has 2 aromatic rings. The van der Waals surface area contributed by atoms with Crippen molar-refractivity contribution in [3.8, 4) is 0 Å². The van der Waals surface area contributed by atoms with E-state index in [0.29, 0.717) is 28.1 Å². The van der Waals surface area contributed by atoms with Gasteiger partial charge in [0.05, 0.1) is 17.0 Å². The zero-order chi connectivity index (χ0) is 23.5. The number of benzene rings is 1. The first kappa shape index (κ1) is 22.8. The number of aliphatic hydroxyl groups is 1. The van der Waals surface area contributed by atoms with Gasteiger partial charge in [0.25, 0.3) is 5.56 Å². The Kier molecular flexibility index (Phi) is 5.67. The second kappa shape index (κ2) is 8.47. The molecule has 8 atom stereocenters. The van der Waals surface area contributed by atoms with Crippen LogP contribution in [0.1, 0.15) is 90.3 Å². The highest BCUT2D eigenvalue weighted by molar-refractivity contribution is 5.77. The summed E-state index contributed by atoms with van der Waals surface area (Å²) in [6.45, 7) is 5.15. The molecule has 0 aliphatic heterocycles. The van der Waals surface area contributed by atoms with Gasteiger partial charge in [-0.05, 0) is 110 Å². The maximum absolute atomic E-state index is 12.4. The van der Waals surface area contributed by atoms with E-state index in [4.69, 9.17) is 4.98 Å². The number of hydrogen-bond acceptors (Lipinski definition) is 3. The average Bonchev–Trinajstić information content (AvgIpc) is 3.16. The molecule has 0 spiro atoms. The minimum atomic E-state index is -0.0866. The number of aromatic amines is 1. The van der Waals surface area contributed by atoms with Gasteiger partial charge in [0.2, 0.25) is 0 Å². The van der Waals surface area contributed by atoms with Gasteiger partial charge in [0.1, 0.15) is 5.82 Å². The molecule has 4 aliphatic carbocycles. The minimum Gasteiger partial charge on any atom is -0.393 e. The van der Waals surface area contributed by atoms with Gasteiger partial charge in [-0.2, -0.15) is 0 Å². The van der Waals surface area contributed by atoms with Crippen LogP contribution in [0.15, 0.2) is 29.1 Å². The predicted molar refractivity (Wildman–Crippen MR) is 137 cm³/mol. The van der Waals surface area contributed by atoms with Crippen LogP contribution in [0, 0.1) is 40.4 Å². The van der Waals surface area contributed by atoms with Crippen molar-refractivity contribution in [2.75, 3.05) is 0 Å². The standard InChI is InChI=1S/C30H42N2O2/c1-29-16-6-5-8-20(29)18-25(33)27-22-14-13-19(30(22,2)17-15-23(27)29)9-7-12-26-31-24-11-4-3-10-21(24)28(34)32-26/h3-4,10-11,19-20,22-23,25,27,33H,5-9,12-18H2,1-2H3,(H,31,32,34). The van der Waals surface area contributed by atoms with Gasteiger partial charge in [-0.15, -0.1) is 0 Å². The van der Waals surface area contributed by atoms with E-state index in [1.807, 2.05) is 24.3 Å². The maximum atomic E-state index is 12.4. The smallest absolute Gasteiger partial charge is 0.258 e. The van der Waals surface area contributed by atoms with Crippen LogP contribution < -0.4 is 5.56 Å². The van der Waals surface area contributed by atoms with Crippen LogP contribution >= 0.6 is 0 Å². The summed E-state index contributed by atoms with van der Waals surface area (Å²) in [4.78, 5) is 20.2. The number of aryl methyl sites for hydroxylation is 1. The van der Waals surface area contributed by atoms with E-state index in [1.165, 1.54) is 57.8 Å². The number of hydrogen-bond donors (Lipinski definition) is 2. The zero-order valence-electron chi connectivity index (χ0n) is 21.1. The van der Waals surface area contributed by atoms with Crippen LogP contribution in [0.2, 0.25) is 0 Å². The molecule has 0 amide bonds. The number of rotatable bonds is 4. The first-order chi connectivity index (χ1) is 16.4. The van der Waals surface area contributed by atoms with Crippen LogP contribution in [-0.4, -0.2) is 21.2 Å². The molecule has 4 aliphatic rings. The zero-order valence-corrected chi connectivity index (χ0v) is 21.1. The lowest BCUT2D eigenvalue weighted by atomic mass is 9.44. The third-order valence-corrected chi connectivity index (χ3v) is 11.4. The Morgan fingerprint density at radius 3 is 2.74 bits per heavy atom. The van der Waals surface area contributed by atoms with Crippen LogP contribution in [0.3, 0.4) is 0 Å². The number of nitrogens with zero attached hydrogens (tertiary/aromatic N) is 1. The molecule has 2 N–H and O–H groups in total. The van der Waals surface area contributed by atoms with Crippen molar-refractivity contribution in [3.63, 3.8) is 0 Å². The molecule has 0 saturated heterocycles. The molecule has 184 valence electrons. The summed E-state index contributed by atoms with van der Waals surface area (Å²) in [5.41, 5.74) is 1.61. The van der Waals surface area contributed by atoms with Crippen LogP contribution in [0.4, 0.5) is 0 Å². The molecule has 4 fully saturated rings. The van der Waals surface area contributed by atoms with Crippen molar-refractivity contribution in [1.82, 2.24) is 9.97 Å². The van der Waals surface area contributed by atoms with Crippen molar-refractivity contribution in [1.29, 1.82) is 0 Å². The van der Waals surface area contributed by atoms with Crippen molar-refractivity contribution in [2.45, 2.75) is 97.0 Å². The van der Waals surface area contributed by atoms with E-state index in [1.54, 1.807) is 0 Å². The summed E-state index contributed by atoms with van der Waals surface area (Å²) in [5, 5.41) is 12.1. The topological polar surface area (TPSA) is 66.0 Å². The highest BCUT2D eigenvalue weighted by Crippen LogP contribution is 2.67. The van der Waals surface area contributed by atoms with E-state index >= 15 is 0 Å². The Labute approximate surface area is 204 Å². The Balaban J connectivity index is 1.15. The second-order valence-electron chi connectivity index (χ2n) is 12.8. The summed E-state index contributed by atoms with van der Waals surface area (Å²) in [6.07, 6.45) is 14.8. The first-order valence-corrected chi connectivity index (χ1v) is 14.1. The molecule has 1 aromatic carbocycles. The van der Waals surface area contributed by atoms with Gasteiger partial charge in [0, 0.05) is 6.42 Å². The molecular weight excluding hydrogens is 420 g/mol. The maximum Gasteiger partial charge on any atom is 0.258 e. The van der Waals surface area contributed by atoms with Gasteiger partial charge in [-0.3, -0.25) is 4.79 Å². The van der Waals surface area contributed by atoms with Gasteiger partial charge in [0.15, 0.2) is 0 Å². The molecule has 4 saturated carbocycles. The molecule has 1 aromatic heterocycles. The molecule has 8 unspecified atom stereocenters. The monoisotopic (exact) mass is 462 g/mol. The Hall–Kier alpha value is -1.68. The van der Waals surface area contributed by atoms with E-state index in [0.717, 1.165) is 48.4 Å². The highest BCUT2D eigenvalue weighted by Gasteiger charge is 2.61. The normalized spacial score (nSPS) is 41.6. The van der Waals surface area contributed by atoms with Crippen molar-refractivity contribution in [3.05, 3.63) is 40.4 Å². The van der Waals surface area contributed by atoms with Gasteiger partial charge >= 0.3 is 0 Å². The summed E-state index contributed by atoms with van der Waals surface area (Å²) in [7, 11) is 0. The lowest BCUT2D eigenvalue weighted by molar-refractivity contribution is -0.162. The minimum absolute atomic E-state index is 0.0207. The molecule has 4 nitrogen and oxygen atoms in total. The molecule has 4 heteroatoms. The Morgan fingerprint density at radius 2 is 1.85 bits per heavy atom. The van der Waals surface area contributed by atoms with Gasteiger partial charge in [-0.1, -0.05) is 38.8 Å². The van der Waals surface area contributed by atoms with Gasteiger partial charge < -0.3 is 10.1 Å². The van der Waals surface area contributed by atoms with E-state index in [9.17, 15) is 9.90 Å². The van der Waals surface area contributed by atoms with E-state index < -0.39 is 0 Å². The Bertz CT molecular complexity index is 1110. The Morgan fingerprint density at radius 1 is 1.03 bits per heavy atom. The summed E-state index contributed by atoms with van der Waals surface area (Å²) in [6, 6.07) is 7.62. The van der Waals surface area contributed by atoms with Crippen molar-refractivity contribution >= 4 is 10.9 Å². The number of fused-ring (bicyclic) bond motifs is 6. The molecule has 0 bridgehead atoms. The third kappa shape index (κ3) is 3.50. The van der Waals surface area contributed by atoms with E-state index in [2.05, 4.69) is 18.8 Å². The highest BCUT2D eigenvalue weighted by atomic mass is 16.3. The lowest BCUT2D eigenvalue weighted by Crippen LogP contribution is -2.57. The SMILES string of the molecule is CC12CCC3C(C(O)CC4CCCCC43C)C1CCC2CCCc1nc2ccccc2c(=O)[nH]1. The summed E-state index contributed by atoms with van der Waals surface area (Å²) >= 11 is 0. The summed E-state index contributed by atoms with van der Waals surface area (Å²) < 4.78 is 0. The fraction of sp³-hybridized carbons (Fsp3) is 0.733. The number of aromatic nitrogens is 2. The lowest BCUT2D eigenvalue weighted by Gasteiger charge is -2.62.